The van der Waals surface area contributed by atoms with Gasteiger partial charge >= 0.3 is 0 Å². The number of benzene rings is 1. The average Bonchev–Trinajstić information content (AvgIpc) is 2.76. The second-order valence-electron chi connectivity index (χ2n) is 7.61. The predicted octanol–water partition coefficient (Wildman–Crippen LogP) is 3.80. The fourth-order valence-electron chi connectivity index (χ4n) is 3.67. The van der Waals surface area contributed by atoms with Gasteiger partial charge in [0.05, 0.1) is 11.1 Å². The third kappa shape index (κ3) is 4.34. The molecule has 1 aliphatic rings. The normalized spacial score (nSPS) is 17.6. The fourth-order valence-corrected chi connectivity index (χ4v) is 5.28. The Morgan fingerprint density at radius 1 is 1.07 bits per heavy atom. The van der Waals surface area contributed by atoms with Crippen LogP contribution in [0.5, 0.6) is 0 Å². The number of nitrogens with zero attached hydrogens (tertiary/aromatic N) is 4. The van der Waals surface area contributed by atoms with Gasteiger partial charge in [-0.05, 0) is 62.1 Å². The topological polar surface area (TPSA) is 88.1 Å². The fraction of sp³-hybridized carbons (Fsp3) is 0.318. The lowest BCUT2D eigenvalue weighted by Gasteiger charge is -2.32. The lowest BCUT2D eigenvalue weighted by molar-refractivity contribution is 0.313. The Balaban J connectivity index is 1.54. The molecule has 1 atom stereocenters. The quantitative estimate of drug-likeness (QED) is 0.672. The van der Waals surface area contributed by atoms with E-state index < -0.39 is 10.0 Å². The van der Waals surface area contributed by atoms with Crippen molar-refractivity contribution in [2.45, 2.75) is 37.5 Å². The number of aryl methyl sites for hydroxylation is 2. The van der Waals surface area contributed by atoms with E-state index in [0.717, 1.165) is 29.7 Å². The summed E-state index contributed by atoms with van der Waals surface area (Å²) in [4.78, 5) is 13.3. The second kappa shape index (κ2) is 8.49. The zero-order valence-electron chi connectivity index (χ0n) is 17.1. The molecule has 3 aromatic rings. The van der Waals surface area contributed by atoms with Gasteiger partial charge in [0.1, 0.15) is 11.6 Å². The zero-order valence-corrected chi connectivity index (χ0v) is 17.9. The van der Waals surface area contributed by atoms with Gasteiger partial charge < -0.3 is 5.32 Å². The molecule has 0 amide bonds. The lowest BCUT2D eigenvalue weighted by atomic mass is 9.95. The van der Waals surface area contributed by atoms with Gasteiger partial charge in [0, 0.05) is 37.1 Å². The summed E-state index contributed by atoms with van der Waals surface area (Å²) in [6.07, 6.45) is 6.57. The molecule has 4 rings (SSSR count). The molecule has 2 aromatic heterocycles. The molecule has 0 radical (unpaired) electrons. The Morgan fingerprint density at radius 3 is 2.70 bits per heavy atom. The van der Waals surface area contributed by atoms with E-state index in [1.807, 2.05) is 38.1 Å². The summed E-state index contributed by atoms with van der Waals surface area (Å²) in [6, 6.07) is 11.1. The van der Waals surface area contributed by atoms with Gasteiger partial charge in [-0.2, -0.15) is 4.31 Å². The molecule has 156 valence electrons. The minimum atomic E-state index is -3.53. The molecular weight excluding hydrogens is 398 g/mol. The number of piperidine rings is 1. The van der Waals surface area contributed by atoms with Crippen LogP contribution in [-0.4, -0.2) is 40.8 Å². The highest BCUT2D eigenvalue weighted by Gasteiger charge is 2.31. The van der Waals surface area contributed by atoms with Crippen molar-refractivity contribution in [2.75, 3.05) is 18.4 Å². The Bertz CT molecular complexity index is 1140. The Kier molecular flexibility index (Phi) is 5.78. The summed E-state index contributed by atoms with van der Waals surface area (Å²) in [5.74, 6) is 1.33. The average molecular weight is 424 g/mol. The predicted molar refractivity (Wildman–Crippen MR) is 116 cm³/mol. The first-order chi connectivity index (χ1) is 14.4. The van der Waals surface area contributed by atoms with Gasteiger partial charge in [-0.3, -0.25) is 4.98 Å². The van der Waals surface area contributed by atoms with E-state index in [-0.39, 0.29) is 5.92 Å². The Hall–Kier alpha value is -2.84. The largest absolute Gasteiger partial charge is 0.324 e. The van der Waals surface area contributed by atoms with E-state index in [9.17, 15) is 8.42 Å². The Morgan fingerprint density at radius 2 is 1.93 bits per heavy atom. The van der Waals surface area contributed by atoms with E-state index in [1.54, 1.807) is 35.0 Å². The highest BCUT2D eigenvalue weighted by atomic mass is 32.2. The van der Waals surface area contributed by atoms with Crippen LogP contribution in [0.2, 0.25) is 0 Å². The van der Waals surface area contributed by atoms with Crippen LogP contribution in [0.4, 0.5) is 11.6 Å². The minimum Gasteiger partial charge on any atom is -0.324 e. The third-order valence-electron chi connectivity index (χ3n) is 5.51. The number of hydrogen-bond acceptors (Lipinski definition) is 6. The summed E-state index contributed by atoms with van der Waals surface area (Å²) in [7, 11) is -3.53. The molecular formula is C22H25N5O2S. The molecule has 30 heavy (non-hydrogen) atoms. The molecule has 1 aliphatic heterocycles. The van der Waals surface area contributed by atoms with Crippen molar-refractivity contribution in [1.82, 2.24) is 19.3 Å². The summed E-state index contributed by atoms with van der Waals surface area (Å²) >= 11 is 0. The highest BCUT2D eigenvalue weighted by molar-refractivity contribution is 7.89. The molecule has 0 aliphatic carbocycles. The van der Waals surface area contributed by atoms with E-state index in [0.29, 0.717) is 29.6 Å². The van der Waals surface area contributed by atoms with Gasteiger partial charge in [0.15, 0.2) is 0 Å². The summed E-state index contributed by atoms with van der Waals surface area (Å²) in [5.41, 5.74) is 2.94. The smallest absolute Gasteiger partial charge is 0.243 e. The van der Waals surface area contributed by atoms with Crippen molar-refractivity contribution in [3.8, 4) is 0 Å². The maximum atomic E-state index is 13.2. The van der Waals surface area contributed by atoms with Crippen LogP contribution in [0.1, 0.15) is 35.6 Å². The molecule has 0 saturated carbocycles. The summed E-state index contributed by atoms with van der Waals surface area (Å²) in [6.45, 7) is 4.88. The number of nitrogens with one attached hydrogen (secondary N) is 1. The number of sulfonamides is 1. The number of anilines is 2. The number of rotatable bonds is 5. The van der Waals surface area contributed by atoms with Crippen LogP contribution in [0.25, 0.3) is 0 Å². The molecule has 0 bridgehead atoms. The SMILES string of the molecule is Cc1ccc(S(=O)(=O)N2CCC[C@H](c3cccc(Nc4cnccn4)n3)C2)cc1C. The van der Waals surface area contributed by atoms with Crippen molar-refractivity contribution in [3.63, 3.8) is 0 Å². The number of hydrogen-bond donors (Lipinski definition) is 1. The molecule has 1 saturated heterocycles. The van der Waals surface area contributed by atoms with Crippen LogP contribution in [0, 0.1) is 13.8 Å². The van der Waals surface area contributed by atoms with Gasteiger partial charge in [-0.15, -0.1) is 0 Å². The molecule has 0 spiro atoms. The van der Waals surface area contributed by atoms with Crippen molar-refractivity contribution in [3.05, 3.63) is 71.8 Å². The first-order valence-electron chi connectivity index (χ1n) is 10.0. The lowest BCUT2D eigenvalue weighted by Crippen LogP contribution is -2.39. The number of aromatic nitrogens is 3. The molecule has 3 heterocycles. The third-order valence-corrected chi connectivity index (χ3v) is 7.37. The molecule has 1 N–H and O–H groups in total. The maximum Gasteiger partial charge on any atom is 0.243 e. The van der Waals surface area contributed by atoms with E-state index in [4.69, 9.17) is 4.98 Å². The standard InChI is InChI=1S/C22H25N5O2S/c1-16-8-9-19(13-17(16)2)30(28,29)27-12-4-5-18(15-27)20-6-3-7-21(25-20)26-22-14-23-10-11-24-22/h3,6-11,13-14,18H,4-5,12,15H2,1-2H3,(H,24,25,26)/t18-/m0/s1. The molecule has 7 nitrogen and oxygen atoms in total. The minimum absolute atomic E-state index is 0.0451. The Labute approximate surface area is 177 Å². The second-order valence-corrected chi connectivity index (χ2v) is 9.55. The first kappa shape index (κ1) is 20.4. The monoisotopic (exact) mass is 423 g/mol. The highest BCUT2D eigenvalue weighted by Crippen LogP contribution is 2.30. The summed E-state index contributed by atoms with van der Waals surface area (Å²) < 4.78 is 28.0. The zero-order chi connectivity index (χ0) is 21.1. The molecule has 8 heteroatoms. The van der Waals surface area contributed by atoms with Crippen molar-refractivity contribution >= 4 is 21.7 Å². The molecule has 0 unspecified atom stereocenters. The molecule has 1 aromatic carbocycles. The van der Waals surface area contributed by atoms with Crippen molar-refractivity contribution in [2.24, 2.45) is 0 Å². The van der Waals surface area contributed by atoms with Gasteiger partial charge in [-0.1, -0.05) is 12.1 Å². The van der Waals surface area contributed by atoms with Crippen LogP contribution in [0.3, 0.4) is 0 Å². The van der Waals surface area contributed by atoms with Gasteiger partial charge in [0.2, 0.25) is 10.0 Å². The van der Waals surface area contributed by atoms with Crippen LogP contribution in [-0.2, 0) is 10.0 Å². The molecule has 1 fully saturated rings. The van der Waals surface area contributed by atoms with E-state index in [1.165, 1.54) is 0 Å². The van der Waals surface area contributed by atoms with Gasteiger partial charge in [0.25, 0.3) is 0 Å². The van der Waals surface area contributed by atoms with Crippen LogP contribution in [0.15, 0.2) is 59.9 Å². The van der Waals surface area contributed by atoms with Crippen molar-refractivity contribution < 1.29 is 8.42 Å². The van der Waals surface area contributed by atoms with E-state index in [2.05, 4.69) is 15.3 Å². The maximum absolute atomic E-state index is 13.2. The van der Waals surface area contributed by atoms with Gasteiger partial charge in [-0.25, -0.2) is 18.4 Å². The van der Waals surface area contributed by atoms with Crippen LogP contribution >= 0.6 is 0 Å². The van der Waals surface area contributed by atoms with E-state index >= 15 is 0 Å². The van der Waals surface area contributed by atoms with Crippen LogP contribution < -0.4 is 5.32 Å². The summed E-state index contributed by atoms with van der Waals surface area (Å²) in [5, 5.41) is 3.15. The van der Waals surface area contributed by atoms with Crippen molar-refractivity contribution in [1.29, 1.82) is 0 Å². The number of pyridine rings is 1. The first-order valence-corrected chi connectivity index (χ1v) is 11.4.